The summed E-state index contributed by atoms with van der Waals surface area (Å²) in [7, 11) is 0. The van der Waals surface area contributed by atoms with Crippen LogP contribution in [0.15, 0.2) is 35.3 Å². The third-order valence-corrected chi connectivity index (χ3v) is 6.35. The number of halogens is 3. The maximum absolute atomic E-state index is 13.8. The number of aromatic nitrogens is 3. The summed E-state index contributed by atoms with van der Waals surface area (Å²) in [4.78, 5) is 34.5. The van der Waals surface area contributed by atoms with Crippen LogP contribution in [-0.2, 0) is 11.3 Å². The van der Waals surface area contributed by atoms with E-state index in [0.717, 1.165) is 11.3 Å². The van der Waals surface area contributed by atoms with E-state index in [9.17, 15) is 22.8 Å². The van der Waals surface area contributed by atoms with Crippen LogP contribution in [-0.4, -0.2) is 58.3 Å². The Hall–Kier alpha value is -2.95. The minimum Gasteiger partial charge on any atom is -0.376 e. The van der Waals surface area contributed by atoms with Gasteiger partial charge in [0.2, 0.25) is 5.95 Å². The first-order chi connectivity index (χ1) is 15.3. The zero-order valence-corrected chi connectivity index (χ0v) is 17.1. The van der Waals surface area contributed by atoms with E-state index in [-0.39, 0.29) is 36.5 Å². The van der Waals surface area contributed by atoms with Crippen molar-refractivity contribution < 1.29 is 22.7 Å². The Morgan fingerprint density at radius 1 is 1.31 bits per heavy atom. The van der Waals surface area contributed by atoms with Gasteiger partial charge in [0.15, 0.2) is 5.78 Å². The fourth-order valence-corrected chi connectivity index (χ4v) is 4.55. The average Bonchev–Trinajstić information content (AvgIpc) is 3.44. The van der Waals surface area contributed by atoms with Gasteiger partial charge in [-0.3, -0.25) is 19.1 Å². The summed E-state index contributed by atoms with van der Waals surface area (Å²) in [6.45, 7) is 0.419. The van der Waals surface area contributed by atoms with Crippen molar-refractivity contribution in [3.05, 3.63) is 46.5 Å². The van der Waals surface area contributed by atoms with E-state index in [2.05, 4.69) is 15.3 Å². The van der Waals surface area contributed by atoms with Crippen molar-refractivity contribution in [2.75, 3.05) is 29.9 Å². The number of ether oxygens (including phenoxy) is 1. The minimum atomic E-state index is -4.59. The lowest BCUT2D eigenvalue weighted by molar-refractivity contribution is -0.152. The molecule has 1 saturated heterocycles. The van der Waals surface area contributed by atoms with Gasteiger partial charge in [0.25, 0.3) is 5.56 Å². The summed E-state index contributed by atoms with van der Waals surface area (Å²) in [5.74, 6) is 0.495. The number of ketones is 1. The van der Waals surface area contributed by atoms with Gasteiger partial charge in [-0.15, -0.1) is 0 Å². The number of alkyl halides is 3. The van der Waals surface area contributed by atoms with Gasteiger partial charge < -0.3 is 15.0 Å². The first-order valence-electron chi connectivity index (χ1n) is 10.6. The molecule has 5 rings (SSSR count). The molecule has 2 aliphatic heterocycles. The Balaban J connectivity index is 1.44. The van der Waals surface area contributed by atoms with Crippen LogP contribution in [0, 0.1) is 11.8 Å². The van der Waals surface area contributed by atoms with Gasteiger partial charge in [-0.1, -0.05) is 6.07 Å². The molecule has 0 aromatic carbocycles. The van der Waals surface area contributed by atoms with Crippen molar-refractivity contribution in [1.29, 1.82) is 0 Å². The molecule has 2 aromatic heterocycles. The van der Waals surface area contributed by atoms with Crippen LogP contribution < -0.4 is 15.8 Å². The number of Topliss-reactive ketones (excluding diaryl/α,β-unsaturated/α-hetero) is 1. The summed E-state index contributed by atoms with van der Waals surface area (Å²) >= 11 is 0. The smallest absolute Gasteiger partial charge is 0.376 e. The zero-order chi connectivity index (χ0) is 22.5. The van der Waals surface area contributed by atoms with Crippen molar-refractivity contribution in [3.8, 4) is 0 Å². The van der Waals surface area contributed by atoms with E-state index < -0.39 is 30.1 Å². The van der Waals surface area contributed by atoms with E-state index in [4.69, 9.17) is 4.74 Å². The monoisotopic (exact) mass is 449 g/mol. The van der Waals surface area contributed by atoms with E-state index in [0.29, 0.717) is 25.0 Å². The Morgan fingerprint density at radius 2 is 2.16 bits per heavy atom. The number of pyridine rings is 1. The second-order valence-corrected chi connectivity index (χ2v) is 8.46. The van der Waals surface area contributed by atoms with Crippen molar-refractivity contribution in [3.63, 3.8) is 0 Å². The van der Waals surface area contributed by atoms with E-state index in [1.165, 1.54) is 22.9 Å². The Kier molecular flexibility index (Phi) is 5.15. The van der Waals surface area contributed by atoms with Gasteiger partial charge in [-0.25, -0.2) is 0 Å². The highest BCUT2D eigenvalue weighted by Crippen LogP contribution is 2.47. The third-order valence-electron chi connectivity index (χ3n) is 6.35. The molecule has 4 heterocycles. The normalized spacial score (nSPS) is 26.4. The van der Waals surface area contributed by atoms with Gasteiger partial charge in [-0.2, -0.15) is 18.2 Å². The molecule has 2 fully saturated rings. The molecule has 3 aliphatic rings. The average molecular weight is 449 g/mol. The van der Waals surface area contributed by atoms with Crippen LogP contribution in [0.1, 0.15) is 23.3 Å². The Labute approximate surface area is 181 Å². The molecule has 170 valence electrons. The number of carbonyl (C=O) groups excluding carboxylic acids is 1. The number of nitrogens with one attached hydrogen (secondary N) is 1. The Morgan fingerprint density at radius 3 is 2.81 bits per heavy atom. The molecule has 1 N–H and O–H groups in total. The topological polar surface area (TPSA) is 89.4 Å². The van der Waals surface area contributed by atoms with Crippen LogP contribution in [0.25, 0.3) is 0 Å². The van der Waals surface area contributed by atoms with E-state index in [1.807, 2.05) is 0 Å². The number of hydrogen-bond acceptors (Lipinski definition) is 7. The standard InChI is InChI=1S/C21H22F3N5O3/c22-21(23,24)17-4-6-28-19(31)8-18(26-9-16-13-7-12(13)11-32-16)27-20(28)29(17)10-15(30)14-3-1-2-5-25-14/h1-3,5,8,12-13,16-17,26H,4,6-7,9-11H2/t12?,13?,16?,17-/m0/s1. The maximum Gasteiger partial charge on any atom is 0.408 e. The van der Waals surface area contributed by atoms with Crippen LogP contribution in [0.2, 0.25) is 0 Å². The molecule has 8 nitrogen and oxygen atoms in total. The van der Waals surface area contributed by atoms with Gasteiger partial charge in [0.05, 0.1) is 19.3 Å². The first kappa shape index (κ1) is 20.9. The highest BCUT2D eigenvalue weighted by molar-refractivity contribution is 5.97. The van der Waals surface area contributed by atoms with Crippen LogP contribution in [0.3, 0.4) is 0 Å². The lowest BCUT2D eigenvalue weighted by atomic mass is 10.1. The maximum atomic E-state index is 13.8. The molecule has 0 bridgehead atoms. The molecule has 4 atom stereocenters. The fourth-order valence-electron chi connectivity index (χ4n) is 4.55. The summed E-state index contributed by atoms with van der Waals surface area (Å²) in [5.41, 5.74) is -0.412. The molecule has 1 aliphatic carbocycles. The first-order valence-corrected chi connectivity index (χ1v) is 10.6. The SMILES string of the molecule is O=C(CN1c2nc(NCC3OCC4CC43)cc(=O)n2CC[C@H]1C(F)(F)F)c1ccccn1. The number of nitrogens with zero attached hydrogens (tertiary/aromatic N) is 4. The summed E-state index contributed by atoms with van der Waals surface area (Å²) < 4.78 is 48.3. The number of carbonyl (C=O) groups is 1. The number of fused-ring (bicyclic) bond motifs is 2. The molecular weight excluding hydrogens is 427 g/mol. The number of rotatable bonds is 6. The molecule has 0 spiro atoms. The van der Waals surface area contributed by atoms with E-state index in [1.54, 1.807) is 12.1 Å². The molecule has 32 heavy (non-hydrogen) atoms. The zero-order valence-electron chi connectivity index (χ0n) is 17.1. The lowest BCUT2D eigenvalue weighted by Gasteiger charge is -2.38. The van der Waals surface area contributed by atoms with Crippen LogP contribution in [0.4, 0.5) is 24.9 Å². The molecule has 3 unspecified atom stereocenters. The van der Waals surface area contributed by atoms with Crippen molar-refractivity contribution in [2.45, 2.75) is 37.7 Å². The Bertz CT molecular complexity index is 1070. The van der Waals surface area contributed by atoms with Crippen LogP contribution >= 0.6 is 0 Å². The fraction of sp³-hybridized carbons (Fsp3) is 0.524. The predicted molar refractivity (Wildman–Crippen MR) is 109 cm³/mol. The van der Waals surface area contributed by atoms with Gasteiger partial charge >= 0.3 is 6.18 Å². The summed E-state index contributed by atoms with van der Waals surface area (Å²) in [6.07, 6.45) is -2.41. The predicted octanol–water partition coefficient (Wildman–Crippen LogP) is 2.11. The molecular formula is C21H22F3N5O3. The van der Waals surface area contributed by atoms with Crippen molar-refractivity contribution in [2.24, 2.45) is 11.8 Å². The third kappa shape index (κ3) is 3.96. The highest BCUT2D eigenvalue weighted by Gasteiger charge is 2.49. The highest BCUT2D eigenvalue weighted by atomic mass is 19.4. The van der Waals surface area contributed by atoms with Gasteiger partial charge in [0.1, 0.15) is 17.6 Å². The lowest BCUT2D eigenvalue weighted by Crippen LogP contribution is -2.54. The minimum absolute atomic E-state index is 0.00495. The summed E-state index contributed by atoms with van der Waals surface area (Å²) in [5, 5.41) is 3.04. The largest absolute Gasteiger partial charge is 0.408 e. The second-order valence-electron chi connectivity index (χ2n) is 8.46. The molecule has 1 saturated carbocycles. The quantitative estimate of drug-likeness (QED) is 0.676. The van der Waals surface area contributed by atoms with Crippen molar-refractivity contribution in [1.82, 2.24) is 14.5 Å². The number of hydrogen-bond donors (Lipinski definition) is 1. The molecule has 0 radical (unpaired) electrons. The van der Waals surface area contributed by atoms with Gasteiger partial charge in [-0.05, 0) is 36.8 Å². The van der Waals surface area contributed by atoms with Crippen LogP contribution in [0.5, 0.6) is 0 Å². The second kappa shape index (κ2) is 7.88. The van der Waals surface area contributed by atoms with Gasteiger partial charge in [0, 0.05) is 25.4 Å². The summed E-state index contributed by atoms with van der Waals surface area (Å²) in [6, 6.07) is 3.99. The molecule has 0 amide bonds. The number of anilines is 2. The van der Waals surface area contributed by atoms with Crippen molar-refractivity contribution >= 4 is 17.5 Å². The van der Waals surface area contributed by atoms with E-state index >= 15 is 0 Å². The molecule has 11 heteroatoms. The molecule has 2 aromatic rings.